The third-order valence-corrected chi connectivity index (χ3v) is 5.87. The second kappa shape index (κ2) is 5.90. The third kappa shape index (κ3) is 3.68. The number of aromatic nitrogens is 1. The third-order valence-electron chi connectivity index (χ3n) is 1.85. The van der Waals surface area contributed by atoms with Gasteiger partial charge in [0, 0.05) is 0 Å². The fourth-order valence-electron chi connectivity index (χ4n) is 1.12. The lowest BCUT2D eigenvalue weighted by Gasteiger charge is -2.00. The standard InChI is InChI=1S/C10H8ClN3O2S3/c11-8-3-4-9(18-8)19(15,16)14-10-13-6-7(17-10)2-1-5-12/h3-4,6H,5,12H2,(H,13,14). The largest absolute Gasteiger partial charge is 0.320 e. The SMILES string of the molecule is NCC#Cc1cnc(NS(=O)(=O)c2ccc(Cl)s2)s1. The smallest absolute Gasteiger partial charge is 0.273 e. The average molecular weight is 334 g/mol. The minimum Gasteiger partial charge on any atom is -0.320 e. The second-order valence-electron chi connectivity index (χ2n) is 3.20. The van der Waals surface area contributed by atoms with Gasteiger partial charge in [0.1, 0.15) is 4.21 Å². The van der Waals surface area contributed by atoms with E-state index in [1.807, 2.05) is 0 Å². The Morgan fingerprint density at radius 1 is 1.42 bits per heavy atom. The maximum Gasteiger partial charge on any atom is 0.273 e. The number of anilines is 1. The average Bonchev–Trinajstić information content (AvgIpc) is 2.95. The van der Waals surface area contributed by atoms with Crippen LogP contribution < -0.4 is 10.5 Å². The van der Waals surface area contributed by atoms with Crippen molar-refractivity contribution in [2.45, 2.75) is 4.21 Å². The number of nitrogens with two attached hydrogens (primary N) is 1. The molecule has 0 saturated heterocycles. The highest BCUT2D eigenvalue weighted by Gasteiger charge is 2.18. The first-order valence-corrected chi connectivity index (χ1v) is 8.43. The van der Waals surface area contributed by atoms with Crippen LogP contribution in [0.15, 0.2) is 22.5 Å². The maximum atomic E-state index is 12.0. The van der Waals surface area contributed by atoms with Gasteiger partial charge in [-0.05, 0) is 12.1 Å². The van der Waals surface area contributed by atoms with Gasteiger partial charge in [0.25, 0.3) is 10.0 Å². The Hall–Kier alpha value is -1.11. The number of halogens is 1. The molecule has 0 aliphatic carbocycles. The van der Waals surface area contributed by atoms with Crippen LogP contribution in [-0.2, 0) is 10.0 Å². The molecule has 9 heteroatoms. The van der Waals surface area contributed by atoms with Crippen molar-refractivity contribution in [3.8, 4) is 11.8 Å². The highest BCUT2D eigenvalue weighted by molar-refractivity contribution is 7.94. The van der Waals surface area contributed by atoms with Crippen LogP contribution in [0.4, 0.5) is 5.13 Å². The van der Waals surface area contributed by atoms with Gasteiger partial charge in [-0.15, -0.1) is 11.3 Å². The van der Waals surface area contributed by atoms with Crippen LogP contribution in [0.25, 0.3) is 0 Å². The molecule has 0 bridgehead atoms. The van der Waals surface area contributed by atoms with Gasteiger partial charge in [0.2, 0.25) is 0 Å². The topological polar surface area (TPSA) is 85.1 Å². The maximum absolute atomic E-state index is 12.0. The van der Waals surface area contributed by atoms with Crippen LogP contribution in [0, 0.1) is 11.8 Å². The molecule has 2 rings (SSSR count). The minimum atomic E-state index is -3.64. The summed E-state index contributed by atoms with van der Waals surface area (Å²) in [6.07, 6.45) is 1.49. The summed E-state index contributed by atoms with van der Waals surface area (Å²) >= 11 is 7.84. The molecular formula is C10H8ClN3O2S3. The number of thiophene rings is 1. The van der Waals surface area contributed by atoms with E-state index in [2.05, 4.69) is 21.5 Å². The fraction of sp³-hybridized carbons (Fsp3) is 0.100. The highest BCUT2D eigenvalue weighted by Crippen LogP contribution is 2.28. The number of nitrogens with one attached hydrogen (secondary N) is 1. The molecule has 0 amide bonds. The van der Waals surface area contributed by atoms with Crippen molar-refractivity contribution in [3.63, 3.8) is 0 Å². The molecule has 0 aromatic carbocycles. The van der Waals surface area contributed by atoms with E-state index in [9.17, 15) is 8.42 Å². The Labute approximate surface area is 123 Å². The molecular weight excluding hydrogens is 326 g/mol. The first-order chi connectivity index (χ1) is 9.01. The predicted octanol–water partition coefficient (Wildman–Crippen LogP) is 1.97. The summed E-state index contributed by atoms with van der Waals surface area (Å²) in [5, 5.41) is 0.255. The highest BCUT2D eigenvalue weighted by atomic mass is 35.5. The molecule has 0 aliphatic rings. The molecule has 2 aromatic heterocycles. The molecule has 5 nitrogen and oxygen atoms in total. The normalized spacial score (nSPS) is 10.8. The Balaban J connectivity index is 2.19. The van der Waals surface area contributed by atoms with Gasteiger partial charge < -0.3 is 5.73 Å². The second-order valence-corrected chi connectivity index (χ2v) is 7.85. The summed E-state index contributed by atoms with van der Waals surface area (Å²) in [5.74, 6) is 5.45. The van der Waals surface area contributed by atoms with Gasteiger partial charge in [0.05, 0.1) is 22.0 Å². The molecule has 0 spiro atoms. The van der Waals surface area contributed by atoms with E-state index in [0.717, 1.165) is 22.7 Å². The van der Waals surface area contributed by atoms with Gasteiger partial charge in [-0.25, -0.2) is 13.4 Å². The van der Waals surface area contributed by atoms with Crippen LogP contribution >= 0.6 is 34.3 Å². The van der Waals surface area contributed by atoms with E-state index in [1.54, 1.807) is 0 Å². The van der Waals surface area contributed by atoms with Crippen molar-refractivity contribution < 1.29 is 8.42 Å². The lowest BCUT2D eigenvalue weighted by Crippen LogP contribution is -2.10. The number of nitrogens with zero attached hydrogens (tertiary/aromatic N) is 1. The zero-order chi connectivity index (χ0) is 13.9. The number of hydrogen-bond donors (Lipinski definition) is 2. The van der Waals surface area contributed by atoms with Gasteiger partial charge in [-0.2, -0.15) is 0 Å². The molecule has 2 heterocycles. The van der Waals surface area contributed by atoms with Crippen LogP contribution in [0.3, 0.4) is 0 Å². The summed E-state index contributed by atoms with van der Waals surface area (Å²) < 4.78 is 26.9. The molecule has 3 N–H and O–H groups in total. The quantitative estimate of drug-likeness (QED) is 0.841. The van der Waals surface area contributed by atoms with Crippen molar-refractivity contribution in [2.24, 2.45) is 5.73 Å². The van der Waals surface area contributed by atoms with Crippen LogP contribution in [0.1, 0.15) is 4.88 Å². The van der Waals surface area contributed by atoms with E-state index in [0.29, 0.717) is 9.21 Å². The predicted molar refractivity (Wildman–Crippen MR) is 78.2 cm³/mol. The Morgan fingerprint density at radius 3 is 2.84 bits per heavy atom. The van der Waals surface area contributed by atoms with E-state index in [-0.39, 0.29) is 15.9 Å². The van der Waals surface area contributed by atoms with Crippen molar-refractivity contribution in [1.82, 2.24) is 4.98 Å². The lowest BCUT2D eigenvalue weighted by atomic mass is 10.5. The van der Waals surface area contributed by atoms with Gasteiger partial charge in [-0.1, -0.05) is 34.8 Å². The van der Waals surface area contributed by atoms with Crippen LogP contribution in [0.5, 0.6) is 0 Å². The summed E-state index contributed by atoms with van der Waals surface area (Å²) in [6, 6.07) is 2.97. The Morgan fingerprint density at radius 2 is 2.21 bits per heavy atom. The first kappa shape index (κ1) is 14.3. The minimum absolute atomic E-state index is 0.141. The molecule has 0 unspecified atom stereocenters. The molecule has 0 fully saturated rings. The Kier molecular flexibility index (Phi) is 4.44. The summed E-state index contributed by atoms with van der Waals surface area (Å²) in [7, 11) is -3.64. The zero-order valence-corrected chi connectivity index (χ0v) is 12.6. The summed E-state index contributed by atoms with van der Waals surface area (Å²) in [6.45, 7) is 0.243. The van der Waals surface area contributed by atoms with E-state index < -0.39 is 10.0 Å². The number of hydrogen-bond acceptors (Lipinski definition) is 6. The van der Waals surface area contributed by atoms with Gasteiger partial charge in [-0.3, -0.25) is 4.72 Å². The number of rotatable bonds is 3. The molecule has 0 atom stereocenters. The lowest BCUT2D eigenvalue weighted by molar-refractivity contribution is 0.603. The van der Waals surface area contributed by atoms with Crippen LogP contribution in [0.2, 0.25) is 4.34 Å². The zero-order valence-electron chi connectivity index (χ0n) is 9.38. The number of sulfonamides is 1. The molecule has 0 aliphatic heterocycles. The summed E-state index contributed by atoms with van der Waals surface area (Å²) in [4.78, 5) is 4.59. The van der Waals surface area contributed by atoms with Gasteiger partial charge >= 0.3 is 0 Å². The molecule has 0 saturated carbocycles. The first-order valence-electron chi connectivity index (χ1n) is 4.94. The van der Waals surface area contributed by atoms with E-state index in [4.69, 9.17) is 17.3 Å². The monoisotopic (exact) mass is 333 g/mol. The Bertz CT molecular complexity index is 739. The molecule has 100 valence electrons. The van der Waals surface area contributed by atoms with Crippen molar-refractivity contribution in [3.05, 3.63) is 27.5 Å². The van der Waals surface area contributed by atoms with Crippen molar-refractivity contribution >= 4 is 49.4 Å². The number of thiazole rings is 1. The van der Waals surface area contributed by atoms with Crippen LogP contribution in [-0.4, -0.2) is 19.9 Å². The van der Waals surface area contributed by atoms with Crippen molar-refractivity contribution in [1.29, 1.82) is 0 Å². The molecule has 0 radical (unpaired) electrons. The summed E-state index contributed by atoms with van der Waals surface area (Å²) in [5.41, 5.74) is 5.25. The molecule has 19 heavy (non-hydrogen) atoms. The fourth-order valence-corrected chi connectivity index (χ4v) is 4.54. The van der Waals surface area contributed by atoms with Gasteiger partial charge in [0.15, 0.2) is 5.13 Å². The van der Waals surface area contributed by atoms with E-state index in [1.165, 1.54) is 18.3 Å². The van der Waals surface area contributed by atoms with Crippen molar-refractivity contribution in [2.75, 3.05) is 11.3 Å². The van der Waals surface area contributed by atoms with E-state index >= 15 is 0 Å². The molecule has 2 aromatic rings.